The molecule has 12 heavy (non-hydrogen) atoms. The number of likely N-dealkylation sites (N-methyl/N-ethyl adjacent to an activating group) is 1. The van der Waals surface area contributed by atoms with Gasteiger partial charge in [-0.15, -0.1) is 0 Å². The van der Waals surface area contributed by atoms with Crippen LogP contribution in [0.5, 0.6) is 0 Å². The second-order valence-corrected chi connectivity index (χ2v) is 4.01. The van der Waals surface area contributed by atoms with Gasteiger partial charge in [0.15, 0.2) is 0 Å². The van der Waals surface area contributed by atoms with Crippen LogP contribution in [0.2, 0.25) is 0 Å². The Morgan fingerprint density at radius 1 is 1.50 bits per heavy atom. The molecule has 0 bridgehead atoms. The van der Waals surface area contributed by atoms with Gasteiger partial charge in [0, 0.05) is 12.6 Å². The van der Waals surface area contributed by atoms with E-state index >= 15 is 0 Å². The third-order valence-electron chi connectivity index (χ3n) is 3.03. The summed E-state index contributed by atoms with van der Waals surface area (Å²) in [6.07, 6.45) is 7.00. The zero-order valence-electron chi connectivity index (χ0n) is 7.66. The van der Waals surface area contributed by atoms with E-state index in [-0.39, 0.29) is 6.10 Å². The predicted molar refractivity (Wildman–Crippen MR) is 49.0 cm³/mol. The Kier molecular flexibility index (Phi) is 2.20. The topological polar surface area (TPSA) is 23.5 Å². The summed E-state index contributed by atoms with van der Waals surface area (Å²) >= 11 is 0. The normalized spacial score (nSPS) is 37.3. The van der Waals surface area contributed by atoms with Crippen molar-refractivity contribution in [2.45, 2.75) is 37.8 Å². The maximum atomic E-state index is 9.50. The number of aliphatic hydroxyl groups excluding tert-OH is 1. The molecule has 2 nitrogen and oxygen atoms in total. The molecule has 0 amide bonds. The van der Waals surface area contributed by atoms with Crippen molar-refractivity contribution in [2.24, 2.45) is 0 Å². The van der Waals surface area contributed by atoms with E-state index in [1.165, 1.54) is 31.3 Å². The van der Waals surface area contributed by atoms with Gasteiger partial charge in [0.1, 0.15) is 0 Å². The quantitative estimate of drug-likeness (QED) is 0.547. The summed E-state index contributed by atoms with van der Waals surface area (Å²) in [5, 5.41) is 9.50. The molecule has 0 spiro atoms. The van der Waals surface area contributed by atoms with E-state index in [1.54, 1.807) is 0 Å². The minimum absolute atomic E-state index is 0.223. The Morgan fingerprint density at radius 3 is 3.17 bits per heavy atom. The molecule has 0 aromatic carbocycles. The highest BCUT2D eigenvalue weighted by atomic mass is 16.3. The van der Waals surface area contributed by atoms with Crippen LogP contribution < -0.4 is 0 Å². The second-order valence-electron chi connectivity index (χ2n) is 4.01. The Hall–Kier alpha value is -0.340. The van der Waals surface area contributed by atoms with Gasteiger partial charge < -0.3 is 5.11 Å². The highest BCUT2D eigenvalue weighted by molar-refractivity contribution is 5.18. The first-order valence-electron chi connectivity index (χ1n) is 4.86. The van der Waals surface area contributed by atoms with Crippen LogP contribution >= 0.6 is 0 Å². The van der Waals surface area contributed by atoms with Crippen molar-refractivity contribution >= 4 is 0 Å². The van der Waals surface area contributed by atoms with Crippen LogP contribution in [0.4, 0.5) is 0 Å². The highest BCUT2D eigenvalue weighted by Gasteiger charge is 2.27. The van der Waals surface area contributed by atoms with E-state index < -0.39 is 0 Å². The molecule has 2 rings (SSSR count). The molecule has 2 unspecified atom stereocenters. The SMILES string of the molecule is CN1CC(O)C=C2CCCCC21. The minimum Gasteiger partial charge on any atom is -0.388 e. The van der Waals surface area contributed by atoms with E-state index in [0.29, 0.717) is 6.04 Å². The van der Waals surface area contributed by atoms with Gasteiger partial charge in [0.2, 0.25) is 0 Å². The van der Waals surface area contributed by atoms with Crippen molar-refractivity contribution in [3.05, 3.63) is 11.6 Å². The molecule has 1 fully saturated rings. The third kappa shape index (κ3) is 1.41. The Labute approximate surface area is 73.9 Å². The van der Waals surface area contributed by atoms with E-state index in [1.807, 2.05) is 0 Å². The first-order chi connectivity index (χ1) is 5.77. The molecule has 1 aliphatic heterocycles. The molecule has 2 heteroatoms. The Bertz CT molecular complexity index is 200. The summed E-state index contributed by atoms with van der Waals surface area (Å²) < 4.78 is 0. The molecule has 0 aromatic rings. The van der Waals surface area contributed by atoms with Crippen molar-refractivity contribution in [1.29, 1.82) is 0 Å². The molecule has 0 aromatic heterocycles. The monoisotopic (exact) mass is 167 g/mol. The van der Waals surface area contributed by atoms with Gasteiger partial charge in [-0.2, -0.15) is 0 Å². The second kappa shape index (κ2) is 3.19. The van der Waals surface area contributed by atoms with Gasteiger partial charge >= 0.3 is 0 Å². The zero-order valence-corrected chi connectivity index (χ0v) is 7.66. The first kappa shape index (κ1) is 8.27. The van der Waals surface area contributed by atoms with Crippen molar-refractivity contribution in [3.8, 4) is 0 Å². The van der Waals surface area contributed by atoms with Gasteiger partial charge in [-0.3, -0.25) is 4.90 Å². The highest BCUT2D eigenvalue weighted by Crippen LogP contribution is 2.30. The molecule has 1 aliphatic carbocycles. The van der Waals surface area contributed by atoms with Crippen LogP contribution in [0.1, 0.15) is 25.7 Å². The van der Waals surface area contributed by atoms with E-state index in [4.69, 9.17) is 0 Å². The van der Waals surface area contributed by atoms with Crippen LogP contribution in [0.25, 0.3) is 0 Å². The summed E-state index contributed by atoms with van der Waals surface area (Å²) in [6.45, 7) is 0.814. The molecule has 1 heterocycles. The molecule has 2 aliphatic rings. The maximum Gasteiger partial charge on any atom is 0.0851 e. The van der Waals surface area contributed by atoms with Crippen LogP contribution in [-0.4, -0.2) is 35.7 Å². The van der Waals surface area contributed by atoms with Gasteiger partial charge in [0.05, 0.1) is 6.10 Å². The van der Waals surface area contributed by atoms with E-state index in [9.17, 15) is 5.11 Å². The number of aliphatic hydroxyl groups is 1. The van der Waals surface area contributed by atoms with Crippen LogP contribution in [0, 0.1) is 0 Å². The van der Waals surface area contributed by atoms with Gasteiger partial charge in [-0.1, -0.05) is 18.1 Å². The summed E-state index contributed by atoms with van der Waals surface area (Å²) in [4.78, 5) is 2.29. The average molecular weight is 167 g/mol. The molecule has 2 atom stereocenters. The molecule has 0 saturated heterocycles. The van der Waals surface area contributed by atoms with Crippen LogP contribution in [0.3, 0.4) is 0 Å². The van der Waals surface area contributed by atoms with Crippen LogP contribution in [0.15, 0.2) is 11.6 Å². The van der Waals surface area contributed by atoms with Gasteiger partial charge in [0.25, 0.3) is 0 Å². The number of hydrogen-bond acceptors (Lipinski definition) is 2. The van der Waals surface area contributed by atoms with Crippen LogP contribution in [-0.2, 0) is 0 Å². The fourth-order valence-corrected chi connectivity index (χ4v) is 2.44. The predicted octanol–water partition coefficient (Wildman–Crippen LogP) is 1.16. The lowest BCUT2D eigenvalue weighted by Gasteiger charge is -2.38. The fraction of sp³-hybridized carbons (Fsp3) is 0.800. The lowest BCUT2D eigenvalue weighted by Crippen LogP contribution is -2.43. The van der Waals surface area contributed by atoms with Crippen molar-refractivity contribution in [2.75, 3.05) is 13.6 Å². The number of hydrogen-bond donors (Lipinski definition) is 1. The number of β-amino-alcohol motifs (C(OH)–C–C–N with tert-alkyl or cyclic N) is 1. The molecule has 1 N–H and O–H groups in total. The summed E-state index contributed by atoms with van der Waals surface area (Å²) in [5.74, 6) is 0. The lowest BCUT2D eigenvalue weighted by atomic mass is 9.86. The van der Waals surface area contributed by atoms with Gasteiger partial charge in [-0.25, -0.2) is 0 Å². The lowest BCUT2D eigenvalue weighted by molar-refractivity contribution is 0.117. The first-order valence-corrected chi connectivity index (χ1v) is 4.86. The van der Waals surface area contributed by atoms with Crippen molar-refractivity contribution in [3.63, 3.8) is 0 Å². The van der Waals surface area contributed by atoms with Crippen molar-refractivity contribution in [1.82, 2.24) is 4.90 Å². The van der Waals surface area contributed by atoms with Gasteiger partial charge in [-0.05, 0) is 26.3 Å². The van der Waals surface area contributed by atoms with E-state index in [2.05, 4.69) is 18.0 Å². The summed E-state index contributed by atoms with van der Waals surface area (Å²) in [7, 11) is 2.12. The Morgan fingerprint density at radius 2 is 2.33 bits per heavy atom. The minimum atomic E-state index is -0.223. The summed E-state index contributed by atoms with van der Waals surface area (Å²) in [6, 6.07) is 0.641. The largest absolute Gasteiger partial charge is 0.388 e. The molecule has 1 saturated carbocycles. The fourth-order valence-electron chi connectivity index (χ4n) is 2.44. The van der Waals surface area contributed by atoms with Crippen molar-refractivity contribution < 1.29 is 5.11 Å². The smallest absolute Gasteiger partial charge is 0.0851 e. The van der Waals surface area contributed by atoms with E-state index in [0.717, 1.165) is 6.54 Å². The number of fused-ring (bicyclic) bond motifs is 1. The zero-order chi connectivity index (χ0) is 8.55. The average Bonchev–Trinajstić information content (AvgIpc) is 2.04. The number of rotatable bonds is 0. The molecule has 0 radical (unpaired) electrons. The molecular formula is C10H17NO. The third-order valence-corrected chi connectivity index (χ3v) is 3.03. The molecule has 68 valence electrons. The molecular weight excluding hydrogens is 150 g/mol. The Balaban J connectivity index is 2.17. The summed E-state index contributed by atoms with van der Waals surface area (Å²) in [5.41, 5.74) is 1.47. The maximum absolute atomic E-state index is 9.50. The number of nitrogens with zero attached hydrogens (tertiary/aromatic N) is 1. The standard InChI is InChI=1S/C10H17NO/c1-11-7-9(12)6-8-4-2-3-5-10(8)11/h6,9-10,12H,2-5,7H2,1H3.